The number of hydrogen-bond acceptors (Lipinski definition) is 22. The fraction of sp³-hybridized carbons (Fsp3) is 0.388. The first-order valence-corrected chi connectivity index (χ1v) is 45.6. The largest absolute Gasteiger partial charge is 0.534 e. The highest BCUT2D eigenvalue weighted by molar-refractivity contribution is 7.88. The third kappa shape index (κ3) is 27.0. The minimum absolute atomic E-state index is 0.00274. The zero-order valence-electron chi connectivity index (χ0n) is 79.6. The molecule has 0 spiro atoms. The maximum Gasteiger partial charge on any atom is 0.534 e. The van der Waals surface area contributed by atoms with Crippen molar-refractivity contribution in [1.29, 1.82) is 0 Å². The summed E-state index contributed by atoms with van der Waals surface area (Å²) in [5.41, 5.74) is -15.5. The topological polar surface area (TPSA) is 288 Å². The van der Waals surface area contributed by atoms with E-state index in [0.717, 1.165) is 48.2 Å². The summed E-state index contributed by atoms with van der Waals surface area (Å²) in [6.45, 7) is 31.9. The number of Topliss-reactive ketones (excluding diaryl/α,β-unsaturated/α-hetero) is 1. The van der Waals surface area contributed by atoms with Crippen molar-refractivity contribution in [2.24, 2.45) is 0 Å². The second-order valence-electron chi connectivity index (χ2n) is 35.4. The zero-order chi connectivity index (χ0) is 106. The summed E-state index contributed by atoms with van der Waals surface area (Å²) in [6, 6.07) is 14.4. The van der Waals surface area contributed by atoms with Crippen molar-refractivity contribution in [3.8, 4) is 34.1 Å². The minimum atomic E-state index is -6.41. The quantitative estimate of drug-likeness (QED) is 0.0205. The highest BCUT2D eigenvalue weighted by Crippen LogP contribution is 2.51. The summed E-state index contributed by atoms with van der Waals surface area (Å²) < 4.78 is 368. The van der Waals surface area contributed by atoms with Crippen LogP contribution in [0.15, 0.2) is 97.2 Å². The van der Waals surface area contributed by atoms with Crippen LogP contribution in [0.5, 0.6) is 23.0 Å². The number of pyridine rings is 1. The van der Waals surface area contributed by atoms with Crippen LogP contribution in [0.2, 0.25) is 0 Å². The third-order valence-electron chi connectivity index (χ3n) is 20.1. The number of phenolic OH excluding ortho intramolecular Hbond substituents is 1. The van der Waals surface area contributed by atoms with Gasteiger partial charge in [0, 0.05) is 104 Å². The molecule has 22 nitrogen and oxygen atoms in total. The van der Waals surface area contributed by atoms with Gasteiger partial charge >= 0.3 is 55.1 Å². The summed E-state index contributed by atoms with van der Waals surface area (Å²) in [5.74, 6) is -20.3. The normalized spacial score (nSPS) is 13.4. The van der Waals surface area contributed by atoms with E-state index >= 15 is 13.2 Å². The second-order valence-corrected chi connectivity index (χ2v) is 38.5. The maximum absolute atomic E-state index is 15.9. The molecule has 0 amide bonds. The lowest BCUT2D eigenvalue weighted by Gasteiger charge is -2.30. The Bertz CT molecular complexity index is 6880. The molecule has 0 bridgehead atoms. The molecule has 0 saturated carbocycles. The maximum atomic E-state index is 15.9. The van der Waals surface area contributed by atoms with E-state index in [2.05, 4.69) is 13.4 Å². The van der Waals surface area contributed by atoms with Gasteiger partial charge in [-0.2, -0.15) is 43.2 Å². The van der Waals surface area contributed by atoms with Gasteiger partial charge in [-0.1, -0.05) is 6.07 Å². The number of ether oxygens (including phenoxy) is 9. The van der Waals surface area contributed by atoms with Gasteiger partial charge in [0.25, 0.3) is 0 Å². The highest BCUT2D eigenvalue weighted by atomic mass is 32.2. The van der Waals surface area contributed by atoms with E-state index in [1.54, 1.807) is 73.7 Å². The molecule has 0 fully saturated rings. The molecule has 12 rings (SSSR count). The van der Waals surface area contributed by atoms with Gasteiger partial charge in [-0.15, -0.1) is 0 Å². The molecule has 1 aliphatic rings. The number of benzene rings is 10. The van der Waals surface area contributed by atoms with Gasteiger partial charge in [-0.25, -0.2) is 76.3 Å². The number of nitrogens with zero attached hydrogens (tertiary/aromatic N) is 1. The highest BCUT2D eigenvalue weighted by Gasteiger charge is 2.52. The fourth-order valence-electron chi connectivity index (χ4n) is 14.7. The average molecular weight is 2050 g/mol. The van der Waals surface area contributed by atoms with E-state index < -0.39 is 238 Å². The van der Waals surface area contributed by atoms with Crippen LogP contribution < -0.4 is 13.1 Å². The van der Waals surface area contributed by atoms with Crippen molar-refractivity contribution in [2.75, 3.05) is 33.0 Å². The van der Waals surface area contributed by atoms with E-state index in [0.29, 0.717) is 60.2 Å². The molecular weight excluding hydrogens is 1950 g/mol. The van der Waals surface area contributed by atoms with Crippen molar-refractivity contribution in [1.82, 2.24) is 4.98 Å². The number of phenols is 1. The van der Waals surface area contributed by atoms with Crippen LogP contribution >= 0.6 is 0 Å². The van der Waals surface area contributed by atoms with Gasteiger partial charge < -0.3 is 56.1 Å². The molecular formula is C98H98F19NO21S2. The van der Waals surface area contributed by atoms with Crippen molar-refractivity contribution >= 4 is 104 Å². The Hall–Kier alpha value is -12.2. The summed E-state index contributed by atoms with van der Waals surface area (Å²) in [6.07, 6.45) is -4.26. The number of aromatic hydroxyl groups is 1. The number of aromatic nitrogens is 1. The predicted octanol–water partition coefficient (Wildman–Crippen LogP) is 24.2. The van der Waals surface area contributed by atoms with Crippen molar-refractivity contribution in [3.63, 3.8) is 0 Å². The number of rotatable bonds is 23. The van der Waals surface area contributed by atoms with Gasteiger partial charge in [-0.05, 0) is 244 Å². The lowest BCUT2D eigenvalue weighted by atomic mass is 9.85. The number of fused-ring (bicyclic) bond motifs is 4. The smallest absolute Gasteiger partial charge is 0.507 e. The van der Waals surface area contributed by atoms with Crippen LogP contribution in [0.25, 0.3) is 65.1 Å². The van der Waals surface area contributed by atoms with Gasteiger partial charge in [0.05, 0.1) is 77.1 Å². The van der Waals surface area contributed by atoms with Crippen LogP contribution in [0.1, 0.15) is 198 Å². The van der Waals surface area contributed by atoms with Gasteiger partial charge in [-0.3, -0.25) is 9.78 Å². The molecule has 766 valence electrons. The summed E-state index contributed by atoms with van der Waals surface area (Å²) >= 11 is 0. The van der Waals surface area contributed by atoms with Gasteiger partial charge in [0.2, 0.25) is 0 Å². The number of alkyl halides is 6. The van der Waals surface area contributed by atoms with Crippen LogP contribution in [0.4, 0.5) is 83.4 Å². The first kappa shape index (κ1) is 114. The molecule has 43 heteroatoms. The van der Waals surface area contributed by atoms with E-state index in [9.17, 15) is 116 Å². The molecule has 4 atom stereocenters. The Kier molecular flexibility index (Phi) is 36.0. The lowest BCUT2D eigenvalue weighted by molar-refractivity contribution is -0.167. The summed E-state index contributed by atoms with van der Waals surface area (Å²) in [7, 11) is -12.7. The molecule has 10 aromatic carbocycles. The molecule has 2 heterocycles. The van der Waals surface area contributed by atoms with Crippen molar-refractivity contribution in [3.05, 3.63) is 228 Å². The Labute approximate surface area is 797 Å². The van der Waals surface area contributed by atoms with Crippen LogP contribution in [-0.4, -0.2) is 123 Å². The molecule has 1 aromatic heterocycles. The SMILES string of the molecule is CC(=O)Cc1ccc(F)cc1F.CCOC(=O)[C@@H](OC(C)(C)C)c1c(C)c(F)c2c(F)cc(F)cc2c1-c1ccc2c3c(ccnc13)CCO2.CCOC(=O)[C@@H](OC(C)(C)C)c1c(C)c(F)c2c(F)cc(F)cc2c1O.CCOC(=O)[C@@H](OC(C)(C)C)c1c(C)c(F)c2c(F)cc(F)cc2c1OS(=O)(=O)C(F)(F)F.CCOC(=O)[C@@H](OC(C)(C)C)c1c(C)cc2c(F)cc(F)cc2c1OS(=O)(=O)C(F)(F)F. The molecule has 1 N–H and O–H groups in total. The molecule has 11 aromatic rings. The number of carbonyl (C=O) groups is 5. The third-order valence-corrected chi connectivity index (χ3v) is 22.0. The van der Waals surface area contributed by atoms with Crippen molar-refractivity contribution in [2.45, 2.75) is 216 Å². The summed E-state index contributed by atoms with van der Waals surface area (Å²) in [5, 5.41) is 6.93. The Morgan fingerprint density at radius 1 is 0.411 bits per heavy atom. The standard InChI is InChI=1S/C30H28F3NO4.C20H20F6O6S.C20H21F5O6S.C19H21F3O4.C9H8F2O/c1-6-36-29(35)28(38-30(3,4)5)22-15(2)26(33)25-19(13-17(31)14-20(25)32)24(22)18-7-8-21-23-16(10-12-37-21)9-11-34-27(18)23;1-6-30-18(27)17(31-19(3,4)5)13-9(2)15(23)14-11(7-10(21)8-12(14)22)16(13)32-33(28,29)20(24,25)26;1-6-29-18(26)17(30-19(3,4)5)15-10(2)7-12-13(8-11(21)9-14(12)22)16(15)31-32(27,28)20(23,24)25;1-6-25-18(24)17(26-19(3,4)5)13-9(2)15(22)14-11(16(13)23)7-10(20)8-12(14)21;1-6(12)4-7-2-3-8(10)5-9(7)11/h7-9,11,13-14,28H,6,10,12H2,1-5H3;7-8,17H,6H2,1-5H3;7-9,17H,6H2,1-5H3;7-8,17,23H,6H2,1-5H3;2-3,5H,4H2,1H3/t28-;3*17-;/m0000./s1. The average Bonchev–Trinajstić information content (AvgIpc) is 0.720. The first-order chi connectivity index (χ1) is 65.0. The molecule has 141 heavy (non-hydrogen) atoms. The number of ketones is 1. The number of carbonyl (C=O) groups excluding carboxylic acids is 5. The predicted molar refractivity (Wildman–Crippen MR) is 479 cm³/mol. The summed E-state index contributed by atoms with van der Waals surface area (Å²) in [4.78, 5) is 66.1. The molecule has 0 unspecified atom stereocenters. The minimum Gasteiger partial charge on any atom is -0.507 e. The number of aryl methyl sites for hydroxylation is 1. The van der Waals surface area contributed by atoms with Gasteiger partial charge in [0.15, 0.2) is 35.9 Å². The molecule has 0 radical (unpaired) electrons. The Balaban J connectivity index is 0.000000223. The van der Waals surface area contributed by atoms with Gasteiger partial charge in [0.1, 0.15) is 92.9 Å². The van der Waals surface area contributed by atoms with Crippen molar-refractivity contribution < 1.29 is 180 Å². The van der Waals surface area contributed by atoms with E-state index in [1.807, 2.05) is 6.07 Å². The number of halogens is 19. The Morgan fingerprint density at radius 3 is 1.19 bits per heavy atom. The van der Waals surface area contributed by atoms with E-state index in [-0.39, 0.29) is 99.8 Å². The Morgan fingerprint density at radius 2 is 0.773 bits per heavy atom. The number of hydrogen-bond donors (Lipinski definition) is 1. The molecule has 1 aliphatic heterocycles. The monoisotopic (exact) mass is 2050 g/mol. The fourth-order valence-corrected chi connectivity index (χ4v) is 15.7. The van der Waals surface area contributed by atoms with E-state index in [4.69, 9.17) is 42.6 Å². The molecule has 0 saturated heterocycles. The number of esters is 4. The van der Waals surface area contributed by atoms with Crippen LogP contribution in [0, 0.1) is 103 Å². The second kappa shape index (κ2) is 44.5. The zero-order valence-corrected chi connectivity index (χ0v) is 81.2. The first-order valence-electron chi connectivity index (χ1n) is 42.8. The lowest BCUT2D eigenvalue weighted by Crippen LogP contribution is -2.32. The van der Waals surface area contributed by atoms with Crippen LogP contribution in [0.3, 0.4) is 0 Å². The molecule has 0 aliphatic carbocycles. The van der Waals surface area contributed by atoms with Crippen LogP contribution in [-0.2, 0) is 94.9 Å². The van der Waals surface area contributed by atoms with E-state index in [1.165, 1.54) is 89.2 Å².